The second-order valence-corrected chi connectivity index (χ2v) is 3.81. The van der Waals surface area contributed by atoms with Gasteiger partial charge in [-0.3, -0.25) is 0 Å². The molecule has 2 aromatic rings. The molecule has 0 aliphatic carbocycles. The molecule has 0 amide bonds. The van der Waals surface area contributed by atoms with E-state index in [4.69, 9.17) is 0 Å². The number of aromatic carboxylic acids is 1. The van der Waals surface area contributed by atoms with Crippen LogP contribution < -0.4 is 0 Å². The number of aryl methyl sites for hydroxylation is 1. The van der Waals surface area contributed by atoms with Gasteiger partial charge in [-0.1, -0.05) is 30.3 Å². The summed E-state index contributed by atoms with van der Waals surface area (Å²) < 4.78 is 12.8. The van der Waals surface area contributed by atoms with Crippen LogP contribution in [0.25, 0.3) is 11.1 Å². The Hall–Kier alpha value is -2.16. The summed E-state index contributed by atoms with van der Waals surface area (Å²) in [5.41, 5.74) is 2.27. The Morgan fingerprint density at radius 2 is 1.76 bits per heavy atom. The van der Waals surface area contributed by atoms with E-state index in [9.17, 15) is 14.3 Å². The number of hydrogen-bond acceptors (Lipinski definition) is 1. The molecule has 0 radical (unpaired) electrons. The zero-order valence-electron chi connectivity index (χ0n) is 9.27. The van der Waals surface area contributed by atoms with E-state index >= 15 is 0 Å². The quantitative estimate of drug-likeness (QED) is 0.857. The van der Waals surface area contributed by atoms with Gasteiger partial charge in [-0.25, -0.2) is 9.18 Å². The summed E-state index contributed by atoms with van der Waals surface area (Å²) >= 11 is 0. The lowest BCUT2D eigenvalue weighted by atomic mass is 9.96. The van der Waals surface area contributed by atoms with Crippen LogP contribution in [-0.4, -0.2) is 11.1 Å². The highest BCUT2D eigenvalue weighted by atomic mass is 19.1. The standard InChI is InChI=1S/C14H11FO2/c1-9-3-2-4-12(13(9)14(16)17)10-5-7-11(15)8-6-10/h2-8H,1H3,(H,16,17). The van der Waals surface area contributed by atoms with E-state index in [0.29, 0.717) is 16.7 Å². The summed E-state index contributed by atoms with van der Waals surface area (Å²) in [5.74, 6) is -1.30. The lowest BCUT2D eigenvalue weighted by Gasteiger charge is -2.08. The maximum Gasteiger partial charge on any atom is 0.336 e. The normalized spacial score (nSPS) is 10.2. The van der Waals surface area contributed by atoms with Crippen LogP contribution in [0.4, 0.5) is 4.39 Å². The molecule has 17 heavy (non-hydrogen) atoms. The SMILES string of the molecule is Cc1cccc(-c2ccc(F)cc2)c1C(=O)O. The van der Waals surface area contributed by atoms with Crippen molar-refractivity contribution in [3.05, 3.63) is 59.4 Å². The number of hydrogen-bond donors (Lipinski definition) is 1. The highest BCUT2D eigenvalue weighted by molar-refractivity contribution is 5.97. The average molecular weight is 230 g/mol. The van der Waals surface area contributed by atoms with E-state index in [1.54, 1.807) is 37.3 Å². The van der Waals surface area contributed by atoms with Gasteiger partial charge in [0.25, 0.3) is 0 Å². The average Bonchev–Trinajstić information content (AvgIpc) is 2.29. The number of rotatable bonds is 2. The van der Waals surface area contributed by atoms with Crippen molar-refractivity contribution in [2.75, 3.05) is 0 Å². The highest BCUT2D eigenvalue weighted by Crippen LogP contribution is 2.26. The predicted octanol–water partition coefficient (Wildman–Crippen LogP) is 3.50. The molecule has 2 rings (SSSR count). The molecule has 0 aliphatic rings. The van der Waals surface area contributed by atoms with Gasteiger partial charge >= 0.3 is 5.97 Å². The second kappa shape index (κ2) is 4.37. The lowest BCUT2D eigenvalue weighted by molar-refractivity contribution is 0.0697. The molecule has 2 nitrogen and oxygen atoms in total. The van der Waals surface area contributed by atoms with Crippen molar-refractivity contribution >= 4 is 5.97 Å². The first-order chi connectivity index (χ1) is 8.09. The fourth-order valence-electron chi connectivity index (χ4n) is 1.82. The Morgan fingerprint density at radius 3 is 2.35 bits per heavy atom. The first kappa shape index (κ1) is 11.3. The molecule has 0 fully saturated rings. The topological polar surface area (TPSA) is 37.3 Å². The van der Waals surface area contributed by atoms with Crippen LogP contribution in [-0.2, 0) is 0 Å². The molecule has 0 spiro atoms. The van der Waals surface area contributed by atoms with Gasteiger partial charge in [-0.2, -0.15) is 0 Å². The van der Waals surface area contributed by atoms with Crippen LogP contribution in [0.1, 0.15) is 15.9 Å². The third kappa shape index (κ3) is 2.18. The Balaban J connectivity index is 2.63. The summed E-state index contributed by atoms with van der Waals surface area (Å²) in [6.45, 7) is 1.75. The molecule has 0 unspecified atom stereocenters. The Morgan fingerprint density at radius 1 is 1.12 bits per heavy atom. The van der Waals surface area contributed by atoms with Gasteiger partial charge in [0.15, 0.2) is 0 Å². The summed E-state index contributed by atoms with van der Waals surface area (Å²) in [4.78, 5) is 11.2. The maximum atomic E-state index is 12.8. The van der Waals surface area contributed by atoms with Crippen molar-refractivity contribution in [1.82, 2.24) is 0 Å². The van der Waals surface area contributed by atoms with Crippen molar-refractivity contribution in [2.45, 2.75) is 6.92 Å². The fourth-order valence-corrected chi connectivity index (χ4v) is 1.82. The Bertz CT molecular complexity index is 559. The Labute approximate surface area is 98.3 Å². The minimum Gasteiger partial charge on any atom is -0.478 e. The smallest absolute Gasteiger partial charge is 0.336 e. The predicted molar refractivity (Wildman–Crippen MR) is 63.5 cm³/mol. The maximum absolute atomic E-state index is 12.8. The van der Waals surface area contributed by atoms with Gasteiger partial charge in [0.2, 0.25) is 0 Å². The molecule has 0 saturated carbocycles. The number of carboxylic acid groups (broad SMARTS) is 1. The molecule has 0 aromatic heterocycles. The van der Waals surface area contributed by atoms with Crippen LogP contribution in [0.15, 0.2) is 42.5 Å². The van der Waals surface area contributed by atoms with Crippen LogP contribution >= 0.6 is 0 Å². The minimum atomic E-state index is -0.970. The van der Waals surface area contributed by atoms with Gasteiger partial charge in [0.1, 0.15) is 5.82 Å². The van der Waals surface area contributed by atoms with E-state index < -0.39 is 5.97 Å². The molecule has 0 bridgehead atoms. The summed E-state index contributed by atoms with van der Waals surface area (Å²) in [6, 6.07) is 11.1. The van der Waals surface area contributed by atoms with Crippen LogP contribution in [0.2, 0.25) is 0 Å². The molecule has 2 aromatic carbocycles. The van der Waals surface area contributed by atoms with Gasteiger partial charge in [-0.15, -0.1) is 0 Å². The molecular weight excluding hydrogens is 219 g/mol. The van der Waals surface area contributed by atoms with Crippen LogP contribution in [0.3, 0.4) is 0 Å². The second-order valence-electron chi connectivity index (χ2n) is 3.81. The van der Waals surface area contributed by atoms with E-state index in [0.717, 1.165) is 0 Å². The number of carboxylic acids is 1. The van der Waals surface area contributed by atoms with Crippen molar-refractivity contribution in [2.24, 2.45) is 0 Å². The summed E-state index contributed by atoms with van der Waals surface area (Å²) in [7, 11) is 0. The number of halogens is 1. The zero-order valence-corrected chi connectivity index (χ0v) is 9.27. The van der Waals surface area contributed by atoms with Crippen molar-refractivity contribution in [1.29, 1.82) is 0 Å². The molecule has 3 heteroatoms. The third-order valence-corrected chi connectivity index (χ3v) is 2.64. The molecular formula is C14H11FO2. The monoisotopic (exact) mass is 230 g/mol. The first-order valence-electron chi connectivity index (χ1n) is 5.18. The van der Waals surface area contributed by atoms with E-state index in [-0.39, 0.29) is 11.4 Å². The molecule has 0 atom stereocenters. The molecule has 1 N–H and O–H groups in total. The first-order valence-corrected chi connectivity index (χ1v) is 5.18. The van der Waals surface area contributed by atoms with Crippen LogP contribution in [0.5, 0.6) is 0 Å². The lowest BCUT2D eigenvalue weighted by Crippen LogP contribution is -2.02. The fraction of sp³-hybridized carbons (Fsp3) is 0.0714. The Kier molecular flexibility index (Phi) is 2.91. The van der Waals surface area contributed by atoms with Gasteiger partial charge in [0.05, 0.1) is 5.56 Å². The third-order valence-electron chi connectivity index (χ3n) is 2.64. The van der Waals surface area contributed by atoms with E-state index in [1.165, 1.54) is 12.1 Å². The largest absolute Gasteiger partial charge is 0.478 e. The molecule has 0 aliphatic heterocycles. The van der Waals surface area contributed by atoms with Crippen molar-refractivity contribution in [3.63, 3.8) is 0 Å². The van der Waals surface area contributed by atoms with Crippen molar-refractivity contribution in [3.8, 4) is 11.1 Å². The molecule has 86 valence electrons. The number of carbonyl (C=O) groups is 1. The summed E-state index contributed by atoms with van der Waals surface area (Å²) in [6.07, 6.45) is 0. The number of benzene rings is 2. The van der Waals surface area contributed by atoms with Gasteiger partial charge in [0, 0.05) is 0 Å². The van der Waals surface area contributed by atoms with E-state index in [1.807, 2.05) is 0 Å². The summed E-state index contributed by atoms with van der Waals surface area (Å²) in [5, 5.41) is 9.19. The highest BCUT2D eigenvalue weighted by Gasteiger charge is 2.13. The van der Waals surface area contributed by atoms with Gasteiger partial charge < -0.3 is 5.11 Å². The molecule has 0 saturated heterocycles. The van der Waals surface area contributed by atoms with Gasteiger partial charge in [-0.05, 0) is 35.7 Å². The minimum absolute atomic E-state index is 0.263. The zero-order chi connectivity index (χ0) is 12.4. The van der Waals surface area contributed by atoms with Crippen molar-refractivity contribution < 1.29 is 14.3 Å². The van der Waals surface area contributed by atoms with Crippen LogP contribution in [0, 0.1) is 12.7 Å². The van der Waals surface area contributed by atoms with E-state index in [2.05, 4.69) is 0 Å². The molecule has 0 heterocycles.